The van der Waals surface area contributed by atoms with Gasteiger partial charge in [-0.25, -0.2) is 4.39 Å². The summed E-state index contributed by atoms with van der Waals surface area (Å²) < 4.78 is 13.4. The lowest BCUT2D eigenvalue weighted by atomic mass is 10.0. The van der Waals surface area contributed by atoms with Gasteiger partial charge < -0.3 is 10.6 Å². The van der Waals surface area contributed by atoms with Crippen molar-refractivity contribution in [1.29, 1.82) is 0 Å². The molecule has 94 valence electrons. The number of hydrogen-bond donors (Lipinski definition) is 1. The second-order valence-corrected chi connectivity index (χ2v) is 4.63. The quantitative estimate of drug-likeness (QED) is 0.904. The van der Waals surface area contributed by atoms with E-state index in [4.69, 9.17) is 17.3 Å². The first-order valence-corrected chi connectivity index (χ1v) is 5.62. The Labute approximate surface area is 105 Å². The molecular weight excluding hydrogens is 243 g/mol. The molecule has 1 rings (SSSR count). The minimum Gasteiger partial charge on any atom is -0.349 e. The Bertz CT molecular complexity index is 435. The molecule has 0 saturated heterocycles. The van der Waals surface area contributed by atoms with Crippen molar-refractivity contribution in [2.45, 2.75) is 19.4 Å². The zero-order chi connectivity index (χ0) is 13.2. The van der Waals surface area contributed by atoms with E-state index in [9.17, 15) is 9.18 Å². The van der Waals surface area contributed by atoms with Crippen molar-refractivity contribution in [2.24, 2.45) is 5.73 Å². The van der Waals surface area contributed by atoms with Crippen molar-refractivity contribution < 1.29 is 9.18 Å². The monoisotopic (exact) mass is 258 g/mol. The minimum absolute atomic E-state index is 0.106. The van der Waals surface area contributed by atoms with E-state index in [-0.39, 0.29) is 18.1 Å². The number of carbonyl (C=O) groups is 1. The zero-order valence-electron chi connectivity index (χ0n) is 10.1. The molecule has 0 spiro atoms. The molecule has 17 heavy (non-hydrogen) atoms. The number of carbonyl (C=O) groups excluding carboxylic acids is 1. The van der Waals surface area contributed by atoms with Crippen LogP contribution in [0.25, 0.3) is 0 Å². The van der Waals surface area contributed by atoms with Crippen LogP contribution in [0.5, 0.6) is 0 Å². The van der Waals surface area contributed by atoms with Gasteiger partial charge in [0.15, 0.2) is 0 Å². The number of rotatable bonds is 3. The lowest BCUT2D eigenvalue weighted by molar-refractivity contribution is -0.129. The molecule has 1 unspecified atom stereocenters. The minimum atomic E-state index is -0.590. The lowest BCUT2D eigenvalue weighted by Gasteiger charge is -2.17. The molecule has 1 aromatic carbocycles. The van der Waals surface area contributed by atoms with Crippen LogP contribution in [0.2, 0.25) is 5.02 Å². The van der Waals surface area contributed by atoms with E-state index in [0.29, 0.717) is 16.1 Å². The average Bonchev–Trinajstić information content (AvgIpc) is 2.22. The van der Waals surface area contributed by atoms with E-state index in [1.165, 1.54) is 17.0 Å². The Balaban J connectivity index is 2.93. The first-order chi connectivity index (χ1) is 7.82. The molecule has 1 aromatic rings. The fourth-order valence-corrected chi connectivity index (χ4v) is 1.78. The Morgan fingerprint density at radius 2 is 2.12 bits per heavy atom. The van der Waals surface area contributed by atoms with E-state index < -0.39 is 6.04 Å². The molecule has 0 aromatic heterocycles. The second-order valence-electron chi connectivity index (χ2n) is 4.22. The molecule has 0 bridgehead atoms. The number of amides is 1. The van der Waals surface area contributed by atoms with E-state index in [1.807, 2.05) is 0 Å². The van der Waals surface area contributed by atoms with E-state index >= 15 is 0 Å². The normalized spacial score (nSPS) is 12.4. The summed E-state index contributed by atoms with van der Waals surface area (Å²) in [6.45, 7) is 1.63. The highest BCUT2D eigenvalue weighted by molar-refractivity contribution is 6.31. The zero-order valence-corrected chi connectivity index (χ0v) is 10.9. The van der Waals surface area contributed by atoms with Gasteiger partial charge in [-0.2, -0.15) is 0 Å². The molecular formula is C12H16ClFN2O. The van der Waals surface area contributed by atoms with Gasteiger partial charge in [-0.3, -0.25) is 4.79 Å². The fraction of sp³-hybridized carbons (Fsp3) is 0.417. The molecule has 1 atom stereocenters. The predicted octanol–water partition coefficient (Wildman–Crippen LogP) is 2.27. The highest BCUT2D eigenvalue weighted by Gasteiger charge is 2.17. The first kappa shape index (κ1) is 13.9. The number of halogens is 2. The van der Waals surface area contributed by atoms with Crippen LogP contribution in [-0.2, 0) is 4.79 Å². The molecule has 0 heterocycles. The largest absolute Gasteiger partial charge is 0.349 e. The van der Waals surface area contributed by atoms with Crippen molar-refractivity contribution in [3.63, 3.8) is 0 Å². The molecule has 5 heteroatoms. The van der Waals surface area contributed by atoms with Crippen LogP contribution >= 0.6 is 11.6 Å². The van der Waals surface area contributed by atoms with Gasteiger partial charge in [-0.1, -0.05) is 11.6 Å². The summed E-state index contributed by atoms with van der Waals surface area (Å²) in [6, 6.07) is 2.23. The van der Waals surface area contributed by atoms with Gasteiger partial charge in [0.2, 0.25) is 5.91 Å². The number of nitrogens with zero attached hydrogens (tertiary/aromatic N) is 1. The summed E-state index contributed by atoms with van der Waals surface area (Å²) in [7, 11) is 3.29. The maximum atomic E-state index is 13.4. The summed E-state index contributed by atoms with van der Waals surface area (Å²) in [5.74, 6) is -0.480. The SMILES string of the molecule is Cc1cc(Cl)c(C(N)CC(=O)N(C)C)cc1F. The van der Waals surface area contributed by atoms with E-state index in [2.05, 4.69) is 0 Å². The van der Waals surface area contributed by atoms with Crippen molar-refractivity contribution in [3.8, 4) is 0 Å². The molecule has 0 fully saturated rings. The summed E-state index contributed by atoms with van der Waals surface area (Å²) in [5, 5.41) is 0.392. The van der Waals surface area contributed by atoms with Crippen LogP contribution in [0.4, 0.5) is 4.39 Å². The molecule has 0 saturated carbocycles. The third-order valence-electron chi connectivity index (χ3n) is 2.57. The summed E-state index contributed by atoms with van der Waals surface area (Å²) >= 11 is 5.99. The van der Waals surface area contributed by atoms with Crippen LogP contribution in [0.15, 0.2) is 12.1 Å². The Morgan fingerprint density at radius 1 is 1.53 bits per heavy atom. The van der Waals surface area contributed by atoms with Crippen LogP contribution in [0.3, 0.4) is 0 Å². The number of nitrogens with two attached hydrogens (primary N) is 1. The summed E-state index contributed by atoms with van der Waals surface area (Å²) in [6.07, 6.45) is 0.106. The van der Waals surface area contributed by atoms with Gasteiger partial charge in [0, 0.05) is 31.6 Å². The van der Waals surface area contributed by atoms with Gasteiger partial charge in [-0.15, -0.1) is 0 Å². The molecule has 0 aliphatic rings. The third kappa shape index (κ3) is 3.41. The first-order valence-electron chi connectivity index (χ1n) is 5.24. The van der Waals surface area contributed by atoms with Crippen LogP contribution in [0.1, 0.15) is 23.6 Å². The van der Waals surface area contributed by atoms with E-state index in [0.717, 1.165) is 0 Å². The van der Waals surface area contributed by atoms with Crippen molar-refractivity contribution in [2.75, 3.05) is 14.1 Å². The average molecular weight is 259 g/mol. The Hall–Kier alpha value is -1.13. The van der Waals surface area contributed by atoms with Crippen molar-refractivity contribution in [1.82, 2.24) is 4.90 Å². The Morgan fingerprint density at radius 3 is 2.65 bits per heavy atom. The van der Waals surface area contributed by atoms with Gasteiger partial charge in [-0.05, 0) is 30.2 Å². The highest BCUT2D eigenvalue weighted by Crippen LogP contribution is 2.26. The molecule has 0 radical (unpaired) electrons. The number of benzene rings is 1. The number of aryl methyl sites for hydroxylation is 1. The third-order valence-corrected chi connectivity index (χ3v) is 2.90. The van der Waals surface area contributed by atoms with Crippen LogP contribution < -0.4 is 5.73 Å². The standard InChI is InChI=1S/C12H16ClFN2O/c1-7-4-9(13)8(5-10(7)14)11(15)6-12(17)16(2)3/h4-5,11H,6,15H2,1-3H3. The smallest absolute Gasteiger partial charge is 0.223 e. The second kappa shape index (κ2) is 5.47. The fourth-order valence-electron chi connectivity index (χ4n) is 1.43. The molecule has 3 nitrogen and oxygen atoms in total. The molecule has 2 N–H and O–H groups in total. The van der Waals surface area contributed by atoms with Gasteiger partial charge in [0.05, 0.1) is 0 Å². The van der Waals surface area contributed by atoms with Gasteiger partial charge in [0.1, 0.15) is 5.82 Å². The Kier molecular flexibility index (Phi) is 4.48. The lowest BCUT2D eigenvalue weighted by Crippen LogP contribution is -2.26. The maximum Gasteiger partial charge on any atom is 0.223 e. The molecule has 0 aliphatic carbocycles. The number of hydrogen-bond acceptors (Lipinski definition) is 2. The highest BCUT2D eigenvalue weighted by atomic mass is 35.5. The van der Waals surface area contributed by atoms with E-state index in [1.54, 1.807) is 21.0 Å². The van der Waals surface area contributed by atoms with Crippen molar-refractivity contribution in [3.05, 3.63) is 34.1 Å². The molecule has 1 amide bonds. The maximum absolute atomic E-state index is 13.4. The van der Waals surface area contributed by atoms with Gasteiger partial charge >= 0.3 is 0 Å². The molecule has 0 aliphatic heterocycles. The van der Waals surface area contributed by atoms with Crippen LogP contribution in [0, 0.1) is 12.7 Å². The topological polar surface area (TPSA) is 46.3 Å². The summed E-state index contributed by atoms with van der Waals surface area (Å²) in [5.41, 5.74) is 6.78. The predicted molar refractivity (Wildman–Crippen MR) is 66.4 cm³/mol. The van der Waals surface area contributed by atoms with Crippen molar-refractivity contribution >= 4 is 17.5 Å². The summed E-state index contributed by atoms with van der Waals surface area (Å²) in [4.78, 5) is 12.9. The van der Waals surface area contributed by atoms with Gasteiger partial charge in [0.25, 0.3) is 0 Å². The van der Waals surface area contributed by atoms with Crippen LogP contribution in [-0.4, -0.2) is 24.9 Å².